The first-order chi connectivity index (χ1) is 14.2. The van der Waals surface area contributed by atoms with Crippen LogP contribution in [0.1, 0.15) is 23.8 Å². The van der Waals surface area contributed by atoms with Crippen molar-refractivity contribution in [3.8, 4) is 17.1 Å². The van der Waals surface area contributed by atoms with Gasteiger partial charge in [-0.15, -0.1) is 16.4 Å². The van der Waals surface area contributed by atoms with Crippen molar-refractivity contribution in [2.24, 2.45) is 0 Å². The van der Waals surface area contributed by atoms with E-state index >= 15 is 0 Å². The molecular weight excluding hydrogens is 390 g/mol. The van der Waals surface area contributed by atoms with E-state index in [0.717, 1.165) is 29.0 Å². The number of hydrogen-bond donors (Lipinski definition) is 2. The highest BCUT2D eigenvalue weighted by atomic mass is 32.1. The van der Waals surface area contributed by atoms with Crippen molar-refractivity contribution in [2.75, 3.05) is 13.7 Å². The normalized spacial score (nSPS) is 13.3. The van der Waals surface area contributed by atoms with Gasteiger partial charge >= 0.3 is 11.7 Å². The van der Waals surface area contributed by atoms with Crippen LogP contribution >= 0.6 is 11.3 Å². The minimum atomic E-state index is -0.261. The lowest BCUT2D eigenvalue weighted by Gasteiger charge is -2.06. The van der Waals surface area contributed by atoms with Crippen LogP contribution in [0.25, 0.3) is 11.4 Å². The smallest absolute Gasteiger partial charge is 0.346 e. The van der Waals surface area contributed by atoms with Crippen molar-refractivity contribution in [2.45, 2.75) is 32.0 Å². The minimum absolute atomic E-state index is 0.140. The van der Waals surface area contributed by atoms with Gasteiger partial charge in [-0.3, -0.25) is 4.57 Å². The first kappa shape index (κ1) is 19.3. The molecule has 3 aromatic rings. The number of aromatic nitrogens is 3. The molecule has 0 radical (unpaired) electrons. The Labute approximate surface area is 172 Å². The number of amides is 2. The molecule has 2 N–H and O–H groups in total. The molecule has 0 aliphatic heterocycles. The molecule has 8 nitrogen and oxygen atoms in total. The van der Waals surface area contributed by atoms with Gasteiger partial charge in [0.05, 0.1) is 20.2 Å². The van der Waals surface area contributed by atoms with Crippen LogP contribution < -0.4 is 21.1 Å². The van der Waals surface area contributed by atoms with E-state index in [1.807, 2.05) is 41.8 Å². The summed E-state index contributed by atoms with van der Waals surface area (Å²) in [5.41, 5.74) is 0.731. The highest BCUT2D eigenvalue weighted by Gasteiger charge is 2.30. The van der Waals surface area contributed by atoms with Crippen LogP contribution in [-0.4, -0.2) is 34.0 Å². The van der Waals surface area contributed by atoms with Gasteiger partial charge in [0, 0.05) is 23.0 Å². The Kier molecular flexibility index (Phi) is 5.66. The van der Waals surface area contributed by atoms with Gasteiger partial charge in [0.25, 0.3) is 0 Å². The average Bonchev–Trinajstić information content (AvgIpc) is 3.33. The molecule has 1 aromatic carbocycles. The quantitative estimate of drug-likeness (QED) is 0.594. The predicted octanol–water partition coefficient (Wildman–Crippen LogP) is 2.62. The van der Waals surface area contributed by atoms with Gasteiger partial charge in [-0.25, -0.2) is 14.3 Å². The molecule has 4 rings (SSSR count). The van der Waals surface area contributed by atoms with Crippen LogP contribution in [0.3, 0.4) is 0 Å². The SMILES string of the molecule is COc1ccc(-c2nn(CCNC(=O)NCc3cccs3)c(=O)n2C2CC2)cc1. The maximum absolute atomic E-state index is 12.8. The van der Waals surface area contributed by atoms with E-state index in [0.29, 0.717) is 25.5 Å². The molecular formula is C20H23N5O3S. The molecule has 0 saturated heterocycles. The van der Waals surface area contributed by atoms with Crippen molar-refractivity contribution in [1.82, 2.24) is 25.0 Å². The molecule has 1 fully saturated rings. The van der Waals surface area contributed by atoms with Crippen LogP contribution in [0.2, 0.25) is 0 Å². The van der Waals surface area contributed by atoms with Gasteiger partial charge in [0.1, 0.15) is 5.75 Å². The number of carbonyl (C=O) groups is 1. The van der Waals surface area contributed by atoms with Crippen molar-refractivity contribution in [1.29, 1.82) is 0 Å². The third-order valence-electron chi connectivity index (χ3n) is 4.74. The summed E-state index contributed by atoms with van der Waals surface area (Å²) in [5, 5.41) is 12.1. The fourth-order valence-electron chi connectivity index (χ4n) is 3.08. The first-order valence-corrected chi connectivity index (χ1v) is 10.4. The summed E-state index contributed by atoms with van der Waals surface area (Å²) in [6.45, 7) is 1.12. The zero-order chi connectivity index (χ0) is 20.2. The second kappa shape index (κ2) is 8.52. The molecule has 152 valence electrons. The van der Waals surface area contributed by atoms with Crippen LogP contribution in [0.5, 0.6) is 5.75 Å². The molecule has 0 atom stereocenters. The highest BCUT2D eigenvalue weighted by Crippen LogP contribution is 2.36. The van der Waals surface area contributed by atoms with E-state index < -0.39 is 0 Å². The van der Waals surface area contributed by atoms with Gasteiger partial charge in [-0.05, 0) is 48.6 Å². The monoisotopic (exact) mass is 413 g/mol. The second-order valence-electron chi connectivity index (χ2n) is 6.85. The van der Waals surface area contributed by atoms with Crippen LogP contribution in [0.15, 0.2) is 46.6 Å². The summed E-state index contributed by atoms with van der Waals surface area (Å²) in [5.74, 6) is 1.41. The van der Waals surface area contributed by atoms with Crippen LogP contribution in [0.4, 0.5) is 4.79 Å². The molecule has 0 spiro atoms. The highest BCUT2D eigenvalue weighted by molar-refractivity contribution is 7.09. The molecule has 29 heavy (non-hydrogen) atoms. The van der Waals surface area contributed by atoms with E-state index in [2.05, 4.69) is 15.7 Å². The standard InChI is InChI=1S/C20H23N5O3S/c1-28-16-8-4-14(5-9-16)18-23-24(20(27)25(18)15-6-7-15)11-10-21-19(26)22-13-17-3-2-12-29-17/h2-5,8-9,12,15H,6-7,10-11,13H2,1H3,(H2,21,22,26). The Bertz CT molecular complexity index is 1020. The zero-order valence-electron chi connectivity index (χ0n) is 16.1. The van der Waals surface area contributed by atoms with E-state index in [1.54, 1.807) is 23.0 Å². The number of nitrogens with zero attached hydrogens (tertiary/aromatic N) is 3. The number of methoxy groups -OCH3 is 1. The van der Waals surface area contributed by atoms with Gasteiger partial charge in [0.2, 0.25) is 0 Å². The maximum atomic E-state index is 12.8. The topological polar surface area (TPSA) is 90.2 Å². The largest absolute Gasteiger partial charge is 0.497 e. The van der Waals surface area contributed by atoms with Crippen LogP contribution in [-0.2, 0) is 13.1 Å². The zero-order valence-corrected chi connectivity index (χ0v) is 16.9. The van der Waals surface area contributed by atoms with Crippen LogP contribution in [0, 0.1) is 0 Å². The number of thiophene rings is 1. The number of rotatable bonds is 8. The number of benzene rings is 1. The minimum Gasteiger partial charge on any atom is -0.497 e. The Hall–Kier alpha value is -3.07. The molecule has 2 aromatic heterocycles. The Morgan fingerprint density at radius 3 is 2.69 bits per heavy atom. The van der Waals surface area contributed by atoms with E-state index in [9.17, 15) is 9.59 Å². The molecule has 1 aliphatic rings. The third kappa shape index (κ3) is 4.51. The molecule has 1 saturated carbocycles. The van der Waals surface area contributed by atoms with Crippen molar-refractivity contribution in [3.63, 3.8) is 0 Å². The van der Waals surface area contributed by atoms with Gasteiger partial charge < -0.3 is 15.4 Å². The summed E-state index contributed by atoms with van der Waals surface area (Å²) in [6.07, 6.45) is 1.97. The summed E-state index contributed by atoms with van der Waals surface area (Å²) < 4.78 is 8.39. The number of hydrogen-bond acceptors (Lipinski definition) is 5. The van der Waals surface area contributed by atoms with Crippen molar-refractivity contribution >= 4 is 17.4 Å². The lowest BCUT2D eigenvalue weighted by Crippen LogP contribution is -2.38. The maximum Gasteiger partial charge on any atom is 0.346 e. The fraction of sp³-hybridized carbons (Fsp3) is 0.350. The Morgan fingerprint density at radius 1 is 1.24 bits per heavy atom. The number of nitrogens with one attached hydrogen (secondary N) is 2. The van der Waals surface area contributed by atoms with E-state index in [-0.39, 0.29) is 17.8 Å². The summed E-state index contributed by atoms with van der Waals surface area (Å²) >= 11 is 1.59. The molecule has 0 bridgehead atoms. The first-order valence-electron chi connectivity index (χ1n) is 9.53. The molecule has 9 heteroatoms. The third-order valence-corrected chi connectivity index (χ3v) is 5.62. The van der Waals surface area contributed by atoms with Crippen molar-refractivity contribution < 1.29 is 9.53 Å². The van der Waals surface area contributed by atoms with Gasteiger partial charge in [-0.2, -0.15) is 0 Å². The summed E-state index contributed by atoms with van der Waals surface area (Å²) in [6, 6.07) is 11.4. The summed E-state index contributed by atoms with van der Waals surface area (Å²) in [4.78, 5) is 25.9. The lowest BCUT2D eigenvalue weighted by atomic mass is 10.2. The molecule has 1 aliphatic carbocycles. The number of urea groups is 1. The number of ether oxygens (including phenoxy) is 1. The molecule has 0 unspecified atom stereocenters. The molecule has 2 amide bonds. The lowest BCUT2D eigenvalue weighted by molar-refractivity contribution is 0.240. The summed E-state index contributed by atoms with van der Waals surface area (Å²) in [7, 11) is 1.62. The Balaban J connectivity index is 1.41. The van der Waals surface area contributed by atoms with E-state index in [1.165, 1.54) is 4.68 Å². The Morgan fingerprint density at radius 2 is 2.03 bits per heavy atom. The second-order valence-corrected chi connectivity index (χ2v) is 7.88. The van der Waals surface area contributed by atoms with Gasteiger partial charge in [0.15, 0.2) is 5.82 Å². The van der Waals surface area contributed by atoms with E-state index in [4.69, 9.17) is 4.74 Å². The predicted molar refractivity (Wildman–Crippen MR) is 111 cm³/mol. The number of carbonyl (C=O) groups excluding carboxylic acids is 1. The van der Waals surface area contributed by atoms with Crippen molar-refractivity contribution in [3.05, 3.63) is 57.1 Å². The fourth-order valence-corrected chi connectivity index (χ4v) is 3.73. The average molecular weight is 414 g/mol. The molecule has 2 heterocycles. The van der Waals surface area contributed by atoms with Gasteiger partial charge in [-0.1, -0.05) is 6.07 Å².